The van der Waals surface area contributed by atoms with Gasteiger partial charge in [-0.3, -0.25) is 9.59 Å². The molecule has 0 aromatic heterocycles. The van der Waals surface area contributed by atoms with E-state index in [-0.39, 0.29) is 17.9 Å². The lowest BCUT2D eigenvalue weighted by molar-refractivity contribution is -0.141. The number of benzene rings is 1. The van der Waals surface area contributed by atoms with Crippen LogP contribution >= 0.6 is 0 Å². The monoisotopic (exact) mass is 305 g/mol. The average Bonchev–Trinajstić information content (AvgIpc) is 2.96. The third kappa shape index (κ3) is 5.48. The van der Waals surface area contributed by atoms with Crippen molar-refractivity contribution in [2.75, 3.05) is 6.61 Å². The van der Waals surface area contributed by atoms with Crippen molar-refractivity contribution in [3.8, 4) is 0 Å². The van der Waals surface area contributed by atoms with Crippen molar-refractivity contribution in [1.29, 1.82) is 0 Å². The van der Waals surface area contributed by atoms with E-state index in [9.17, 15) is 9.59 Å². The number of carboxylic acid groups (broad SMARTS) is 1. The van der Waals surface area contributed by atoms with Gasteiger partial charge >= 0.3 is 5.97 Å². The van der Waals surface area contributed by atoms with Crippen LogP contribution in [-0.2, 0) is 20.9 Å². The van der Waals surface area contributed by atoms with Crippen molar-refractivity contribution in [2.45, 2.75) is 44.8 Å². The maximum atomic E-state index is 11.8. The number of hydrogen-bond acceptors (Lipinski definition) is 3. The molecule has 1 aromatic carbocycles. The molecule has 0 heterocycles. The maximum Gasteiger partial charge on any atom is 0.306 e. The molecule has 1 aliphatic carbocycles. The summed E-state index contributed by atoms with van der Waals surface area (Å²) in [5.74, 6) is -1.08. The topological polar surface area (TPSA) is 75.6 Å². The lowest BCUT2D eigenvalue weighted by Gasteiger charge is -2.12. The largest absolute Gasteiger partial charge is 0.481 e. The van der Waals surface area contributed by atoms with Crippen LogP contribution in [0.3, 0.4) is 0 Å². The van der Waals surface area contributed by atoms with Gasteiger partial charge in [-0.2, -0.15) is 0 Å². The summed E-state index contributed by atoms with van der Waals surface area (Å²) in [4.78, 5) is 22.7. The first-order chi connectivity index (χ1) is 10.6. The van der Waals surface area contributed by atoms with Crippen LogP contribution in [0.1, 0.15) is 37.7 Å². The van der Waals surface area contributed by atoms with Gasteiger partial charge < -0.3 is 15.2 Å². The van der Waals surface area contributed by atoms with Crippen LogP contribution in [0.2, 0.25) is 0 Å². The van der Waals surface area contributed by atoms with E-state index in [1.807, 2.05) is 30.3 Å². The summed E-state index contributed by atoms with van der Waals surface area (Å²) in [6, 6.07) is 9.93. The highest BCUT2D eigenvalue weighted by Gasteiger charge is 2.30. The molecule has 0 saturated heterocycles. The van der Waals surface area contributed by atoms with Crippen molar-refractivity contribution in [3.63, 3.8) is 0 Å². The molecule has 0 unspecified atom stereocenters. The molecule has 0 spiro atoms. The third-order valence-electron chi connectivity index (χ3n) is 3.95. The van der Waals surface area contributed by atoms with Gasteiger partial charge in [-0.25, -0.2) is 0 Å². The molecule has 1 aliphatic rings. The highest BCUT2D eigenvalue weighted by atomic mass is 16.5. The van der Waals surface area contributed by atoms with Crippen LogP contribution in [0.15, 0.2) is 30.3 Å². The van der Waals surface area contributed by atoms with Crippen molar-refractivity contribution in [3.05, 3.63) is 35.9 Å². The quantitative estimate of drug-likeness (QED) is 0.723. The zero-order valence-corrected chi connectivity index (χ0v) is 12.7. The molecule has 0 aliphatic heterocycles. The highest BCUT2D eigenvalue weighted by Crippen LogP contribution is 2.25. The van der Waals surface area contributed by atoms with Crippen LogP contribution in [-0.4, -0.2) is 29.6 Å². The van der Waals surface area contributed by atoms with Gasteiger partial charge in [-0.1, -0.05) is 30.3 Å². The first-order valence-corrected chi connectivity index (χ1v) is 7.79. The van der Waals surface area contributed by atoms with Crippen LogP contribution in [0.25, 0.3) is 0 Å². The van der Waals surface area contributed by atoms with Crippen LogP contribution in [0.4, 0.5) is 0 Å². The summed E-state index contributed by atoms with van der Waals surface area (Å²) in [6.45, 7) is 1.11. The first-order valence-electron chi connectivity index (χ1n) is 7.79. The molecule has 5 heteroatoms. The maximum absolute atomic E-state index is 11.8. The van der Waals surface area contributed by atoms with E-state index in [0.29, 0.717) is 38.9 Å². The van der Waals surface area contributed by atoms with E-state index in [4.69, 9.17) is 9.84 Å². The van der Waals surface area contributed by atoms with Gasteiger partial charge in [0.2, 0.25) is 5.91 Å². The molecule has 1 aromatic rings. The van der Waals surface area contributed by atoms with Gasteiger partial charge in [0, 0.05) is 19.1 Å². The Morgan fingerprint density at radius 1 is 1.23 bits per heavy atom. The number of nitrogens with one attached hydrogen (secondary N) is 1. The number of carbonyl (C=O) groups excluding carboxylic acids is 1. The number of rotatable bonds is 8. The molecule has 2 N–H and O–H groups in total. The molecule has 22 heavy (non-hydrogen) atoms. The Bertz CT molecular complexity index is 489. The Kier molecular flexibility index (Phi) is 6.40. The Balaban J connectivity index is 1.54. The van der Waals surface area contributed by atoms with Gasteiger partial charge in [0.1, 0.15) is 0 Å². The van der Waals surface area contributed by atoms with Gasteiger partial charge in [-0.15, -0.1) is 0 Å². The summed E-state index contributed by atoms with van der Waals surface area (Å²) >= 11 is 0. The predicted octanol–water partition coefficient (Wildman–Crippen LogP) is 2.35. The summed E-state index contributed by atoms with van der Waals surface area (Å²) in [5.41, 5.74) is 1.12. The summed E-state index contributed by atoms with van der Waals surface area (Å²) in [7, 11) is 0. The third-order valence-corrected chi connectivity index (χ3v) is 3.95. The second-order valence-electron chi connectivity index (χ2n) is 5.75. The molecule has 120 valence electrons. The minimum atomic E-state index is -0.758. The summed E-state index contributed by atoms with van der Waals surface area (Å²) in [6.07, 6.45) is 3.05. The van der Waals surface area contributed by atoms with Crippen molar-refractivity contribution < 1.29 is 19.4 Å². The fourth-order valence-corrected chi connectivity index (χ4v) is 2.74. The molecule has 2 atom stereocenters. The molecule has 1 fully saturated rings. The van der Waals surface area contributed by atoms with Crippen molar-refractivity contribution in [2.24, 2.45) is 5.92 Å². The lowest BCUT2D eigenvalue weighted by atomic mass is 10.1. The minimum absolute atomic E-state index is 0.0128. The normalized spacial score (nSPS) is 20.7. The fourth-order valence-electron chi connectivity index (χ4n) is 2.74. The van der Waals surface area contributed by atoms with Gasteiger partial charge in [0.05, 0.1) is 12.5 Å². The number of carboxylic acids is 1. The number of amides is 1. The van der Waals surface area contributed by atoms with E-state index >= 15 is 0 Å². The molecule has 5 nitrogen and oxygen atoms in total. The van der Waals surface area contributed by atoms with Gasteiger partial charge in [-0.05, 0) is 31.2 Å². The van der Waals surface area contributed by atoms with E-state index < -0.39 is 5.97 Å². The Hall–Kier alpha value is -1.88. The van der Waals surface area contributed by atoms with Gasteiger partial charge in [0.25, 0.3) is 0 Å². The molecular formula is C17H23NO4. The molecular weight excluding hydrogens is 282 g/mol. The van der Waals surface area contributed by atoms with Crippen molar-refractivity contribution in [1.82, 2.24) is 5.32 Å². The second-order valence-corrected chi connectivity index (χ2v) is 5.75. The van der Waals surface area contributed by atoms with E-state index in [0.717, 1.165) is 12.0 Å². The van der Waals surface area contributed by atoms with E-state index in [2.05, 4.69) is 5.32 Å². The smallest absolute Gasteiger partial charge is 0.306 e. The highest BCUT2D eigenvalue weighted by molar-refractivity contribution is 5.76. The molecule has 0 bridgehead atoms. The average molecular weight is 305 g/mol. The van der Waals surface area contributed by atoms with E-state index in [1.165, 1.54) is 0 Å². The molecule has 2 rings (SSSR count). The molecule has 1 saturated carbocycles. The van der Waals surface area contributed by atoms with Crippen LogP contribution < -0.4 is 5.32 Å². The first kappa shape index (κ1) is 16.5. The molecule has 1 amide bonds. The zero-order valence-electron chi connectivity index (χ0n) is 12.7. The lowest BCUT2D eigenvalue weighted by Crippen LogP contribution is -2.33. The Morgan fingerprint density at radius 3 is 2.68 bits per heavy atom. The number of hydrogen-bond donors (Lipinski definition) is 2. The SMILES string of the molecule is O=C(CCCOCc1ccccc1)N[C@H]1CC[C@@H](C(=O)O)C1. The Labute approximate surface area is 130 Å². The van der Waals surface area contributed by atoms with Crippen LogP contribution in [0, 0.1) is 5.92 Å². The van der Waals surface area contributed by atoms with E-state index in [1.54, 1.807) is 0 Å². The number of carbonyl (C=O) groups is 2. The summed E-state index contributed by atoms with van der Waals surface area (Å²) in [5, 5.41) is 11.8. The summed E-state index contributed by atoms with van der Waals surface area (Å²) < 4.78 is 5.53. The predicted molar refractivity (Wildman–Crippen MR) is 82.2 cm³/mol. The van der Waals surface area contributed by atoms with Crippen LogP contribution in [0.5, 0.6) is 0 Å². The standard InChI is InChI=1S/C17H23NO4/c19-16(18-15-9-8-14(11-15)17(20)21)7-4-10-22-12-13-5-2-1-3-6-13/h1-3,5-6,14-15H,4,7-12H2,(H,18,19)(H,20,21)/t14-,15+/m1/s1. The molecule has 0 radical (unpaired) electrons. The minimum Gasteiger partial charge on any atom is -0.481 e. The Morgan fingerprint density at radius 2 is 2.00 bits per heavy atom. The number of aliphatic carboxylic acids is 1. The van der Waals surface area contributed by atoms with Gasteiger partial charge in [0.15, 0.2) is 0 Å². The van der Waals surface area contributed by atoms with Crippen molar-refractivity contribution >= 4 is 11.9 Å². The number of ether oxygens (including phenoxy) is 1. The fraction of sp³-hybridized carbons (Fsp3) is 0.529. The zero-order chi connectivity index (χ0) is 15.8. The second kappa shape index (κ2) is 8.54.